The molecular formula is C15H15NO2S. The topological polar surface area (TPSA) is 44.5 Å². The highest BCUT2D eigenvalue weighted by Crippen LogP contribution is 2.26. The van der Waals surface area contributed by atoms with Crippen LogP contribution in [0.2, 0.25) is 0 Å². The van der Waals surface area contributed by atoms with Crippen LogP contribution in [0.25, 0.3) is 0 Å². The summed E-state index contributed by atoms with van der Waals surface area (Å²) in [6, 6.07) is 15.2. The van der Waals surface area contributed by atoms with E-state index in [4.69, 9.17) is 27.4 Å². The summed E-state index contributed by atoms with van der Waals surface area (Å²) in [5, 5.41) is 0. The molecule has 0 aromatic heterocycles. The fraction of sp³-hybridized carbons (Fsp3) is 0.133. The van der Waals surface area contributed by atoms with Gasteiger partial charge >= 0.3 is 0 Å². The molecule has 2 aromatic rings. The van der Waals surface area contributed by atoms with E-state index in [9.17, 15) is 0 Å². The van der Waals surface area contributed by atoms with E-state index in [0.29, 0.717) is 17.3 Å². The van der Waals surface area contributed by atoms with E-state index in [-0.39, 0.29) is 0 Å². The molecule has 0 radical (unpaired) electrons. The molecule has 0 aliphatic heterocycles. The molecule has 0 fully saturated rings. The minimum atomic E-state index is 0.323. The van der Waals surface area contributed by atoms with Crippen LogP contribution in [0.4, 0.5) is 0 Å². The van der Waals surface area contributed by atoms with Gasteiger partial charge in [-0.25, -0.2) is 0 Å². The highest BCUT2D eigenvalue weighted by molar-refractivity contribution is 7.80. The Balaban J connectivity index is 2.26. The lowest BCUT2D eigenvalue weighted by atomic mass is 10.2. The Hall–Kier alpha value is -1.91. The van der Waals surface area contributed by atoms with E-state index in [2.05, 4.69) is 0 Å². The Morgan fingerprint density at radius 2 is 1.95 bits per heavy atom. The Morgan fingerprint density at radius 1 is 1.16 bits per heavy atom. The zero-order valence-electron chi connectivity index (χ0n) is 10.6. The summed E-state index contributed by atoms with van der Waals surface area (Å²) < 4.78 is 10.9. The summed E-state index contributed by atoms with van der Waals surface area (Å²) in [7, 11) is 1.66. The van der Waals surface area contributed by atoms with Gasteiger partial charge in [-0.2, -0.15) is 0 Å². The smallest absolute Gasteiger partial charge is 0.137 e. The molecule has 2 rings (SSSR count). The first-order valence-electron chi connectivity index (χ1n) is 5.85. The highest BCUT2D eigenvalue weighted by atomic mass is 32.1. The van der Waals surface area contributed by atoms with Crippen molar-refractivity contribution in [2.45, 2.75) is 6.61 Å². The second-order valence-electron chi connectivity index (χ2n) is 4.04. The van der Waals surface area contributed by atoms with Crippen LogP contribution in [0.3, 0.4) is 0 Å². The lowest BCUT2D eigenvalue weighted by molar-refractivity contribution is 0.184. The SMILES string of the molecule is COCc1cccc(Oc2ccccc2C(N)=S)c1. The van der Waals surface area contributed by atoms with Crippen molar-refractivity contribution in [3.8, 4) is 11.5 Å². The summed E-state index contributed by atoms with van der Waals surface area (Å²) in [6.07, 6.45) is 0. The molecule has 19 heavy (non-hydrogen) atoms. The van der Waals surface area contributed by atoms with Crippen LogP contribution in [0.15, 0.2) is 48.5 Å². The number of ether oxygens (including phenoxy) is 2. The molecule has 2 aromatic carbocycles. The van der Waals surface area contributed by atoms with E-state index >= 15 is 0 Å². The summed E-state index contributed by atoms with van der Waals surface area (Å²) >= 11 is 5.01. The highest BCUT2D eigenvalue weighted by Gasteiger charge is 2.06. The molecule has 0 atom stereocenters. The molecule has 0 aliphatic carbocycles. The van der Waals surface area contributed by atoms with Gasteiger partial charge in [0.05, 0.1) is 12.2 Å². The lowest BCUT2D eigenvalue weighted by Crippen LogP contribution is -2.10. The fourth-order valence-corrected chi connectivity index (χ4v) is 1.92. The van der Waals surface area contributed by atoms with Gasteiger partial charge in [-0.05, 0) is 29.8 Å². The minimum absolute atomic E-state index is 0.323. The Bertz CT molecular complexity index is 584. The quantitative estimate of drug-likeness (QED) is 0.849. The Labute approximate surface area is 118 Å². The first-order chi connectivity index (χ1) is 9.20. The van der Waals surface area contributed by atoms with Crippen molar-refractivity contribution in [1.29, 1.82) is 0 Å². The van der Waals surface area contributed by atoms with Crippen LogP contribution in [-0.2, 0) is 11.3 Å². The van der Waals surface area contributed by atoms with Gasteiger partial charge in [0.1, 0.15) is 16.5 Å². The molecule has 0 amide bonds. The van der Waals surface area contributed by atoms with Gasteiger partial charge in [0.2, 0.25) is 0 Å². The first kappa shape index (κ1) is 13.5. The van der Waals surface area contributed by atoms with Crippen LogP contribution < -0.4 is 10.5 Å². The third kappa shape index (κ3) is 3.53. The number of rotatable bonds is 5. The van der Waals surface area contributed by atoms with E-state index in [1.165, 1.54) is 0 Å². The Morgan fingerprint density at radius 3 is 2.68 bits per heavy atom. The van der Waals surface area contributed by atoms with Crippen molar-refractivity contribution < 1.29 is 9.47 Å². The van der Waals surface area contributed by atoms with Gasteiger partial charge < -0.3 is 15.2 Å². The van der Waals surface area contributed by atoms with Crippen LogP contribution in [0, 0.1) is 0 Å². The second-order valence-corrected chi connectivity index (χ2v) is 4.48. The van der Waals surface area contributed by atoms with Crippen LogP contribution in [0.1, 0.15) is 11.1 Å². The van der Waals surface area contributed by atoms with Crippen molar-refractivity contribution in [3.05, 3.63) is 59.7 Å². The van der Waals surface area contributed by atoms with Crippen LogP contribution >= 0.6 is 12.2 Å². The summed E-state index contributed by atoms with van der Waals surface area (Å²) in [4.78, 5) is 0.323. The molecule has 0 saturated heterocycles. The number of thiocarbonyl (C=S) groups is 1. The summed E-state index contributed by atoms with van der Waals surface area (Å²) in [5.41, 5.74) is 7.46. The third-order valence-corrected chi connectivity index (χ3v) is 2.81. The zero-order valence-corrected chi connectivity index (χ0v) is 11.4. The van der Waals surface area contributed by atoms with Crippen molar-refractivity contribution in [2.75, 3.05) is 7.11 Å². The monoisotopic (exact) mass is 273 g/mol. The van der Waals surface area contributed by atoms with E-state index in [0.717, 1.165) is 16.9 Å². The number of benzene rings is 2. The lowest BCUT2D eigenvalue weighted by Gasteiger charge is -2.11. The molecule has 0 spiro atoms. The maximum absolute atomic E-state index is 5.83. The van der Waals surface area contributed by atoms with Gasteiger partial charge in [0.25, 0.3) is 0 Å². The van der Waals surface area contributed by atoms with Gasteiger partial charge in [0, 0.05) is 7.11 Å². The first-order valence-corrected chi connectivity index (χ1v) is 6.26. The van der Waals surface area contributed by atoms with Crippen molar-refractivity contribution in [3.63, 3.8) is 0 Å². The Kier molecular flexibility index (Phi) is 4.49. The van der Waals surface area contributed by atoms with Crippen LogP contribution in [0.5, 0.6) is 11.5 Å². The van der Waals surface area contributed by atoms with E-state index in [1.54, 1.807) is 7.11 Å². The average Bonchev–Trinajstić information content (AvgIpc) is 2.40. The molecule has 3 nitrogen and oxygen atoms in total. The number of methoxy groups -OCH3 is 1. The van der Waals surface area contributed by atoms with Gasteiger partial charge in [-0.15, -0.1) is 0 Å². The minimum Gasteiger partial charge on any atom is -0.457 e. The third-order valence-electron chi connectivity index (χ3n) is 2.59. The molecule has 98 valence electrons. The molecule has 0 heterocycles. The average molecular weight is 273 g/mol. The van der Waals surface area contributed by atoms with Gasteiger partial charge in [-0.1, -0.05) is 36.5 Å². The van der Waals surface area contributed by atoms with Crippen LogP contribution in [-0.4, -0.2) is 12.1 Å². The number of nitrogens with two attached hydrogens (primary N) is 1. The maximum Gasteiger partial charge on any atom is 0.137 e. The zero-order chi connectivity index (χ0) is 13.7. The fourth-order valence-electron chi connectivity index (χ4n) is 1.75. The normalized spacial score (nSPS) is 10.2. The van der Waals surface area contributed by atoms with E-state index in [1.807, 2.05) is 48.5 Å². The molecule has 0 bridgehead atoms. The second kappa shape index (κ2) is 6.31. The number of para-hydroxylation sites is 1. The number of hydrogen-bond acceptors (Lipinski definition) is 3. The van der Waals surface area contributed by atoms with Crippen molar-refractivity contribution >= 4 is 17.2 Å². The molecule has 0 saturated carbocycles. The summed E-state index contributed by atoms with van der Waals surface area (Å²) in [5.74, 6) is 1.39. The predicted octanol–water partition coefficient (Wildman–Crippen LogP) is 3.26. The molecular weight excluding hydrogens is 258 g/mol. The standard InChI is InChI=1S/C15H15NO2S/c1-17-10-11-5-4-6-12(9-11)18-14-8-3-2-7-13(14)15(16)19/h2-9H,10H2,1H3,(H2,16,19). The molecule has 0 aliphatic rings. The molecule has 2 N–H and O–H groups in total. The predicted molar refractivity (Wildman–Crippen MR) is 79.6 cm³/mol. The number of hydrogen-bond donors (Lipinski definition) is 1. The maximum atomic E-state index is 5.83. The molecule has 4 heteroatoms. The summed E-state index contributed by atoms with van der Waals surface area (Å²) in [6.45, 7) is 0.550. The molecule has 0 unspecified atom stereocenters. The van der Waals surface area contributed by atoms with Gasteiger partial charge in [0.15, 0.2) is 0 Å². The van der Waals surface area contributed by atoms with E-state index < -0.39 is 0 Å². The van der Waals surface area contributed by atoms with Crippen molar-refractivity contribution in [2.24, 2.45) is 5.73 Å². The largest absolute Gasteiger partial charge is 0.457 e. The van der Waals surface area contributed by atoms with Gasteiger partial charge in [-0.3, -0.25) is 0 Å². The van der Waals surface area contributed by atoms with Crippen molar-refractivity contribution in [1.82, 2.24) is 0 Å².